The second-order valence-electron chi connectivity index (χ2n) is 8.33. The number of aromatic nitrogens is 2. The average Bonchev–Trinajstić information content (AvgIpc) is 2.71. The van der Waals surface area contributed by atoms with E-state index in [-0.39, 0.29) is 10.8 Å². The molecule has 1 heterocycles. The molecule has 0 spiro atoms. The first-order valence-electron chi connectivity index (χ1n) is 9.93. The summed E-state index contributed by atoms with van der Waals surface area (Å²) in [5, 5.41) is 6.97. The Labute approximate surface area is 203 Å². The summed E-state index contributed by atoms with van der Waals surface area (Å²) < 4.78 is 33.2. The third-order valence-corrected chi connectivity index (χ3v) is 6.67. The molecule has 1 aromatic heterocycles. The Bertz CT molecular complexity index is 1280. The molecule has 0 saturated heterocycles. The summed E-state index contributed by atoms with van der Waals surface area (Å²) in [6.07, 6.45) is 1.64. The SMILES string of the molecule is COc1cc(Nc2ncc(C)c(Nc3cccc(S(=O)(=O)NC(C)(C)C)c3)n2)c(Cl)cc1Cl. The number of aryl methyl sites for hydroxylation is 1. The van der Waals surface area contributed by atoms with Gasteiger partial charge in [0.15, 0.2) is 0 Å². The van der Waals surface area contributed by atoms with E-state index in [0.29, 0.717) is 33.0 Å². The van der Waals surface area contributed by atoms with Gasteiger partial charge in [-0.1, -0.05) is 29.3 Å². The van der Waals surface area contributed by atoms with Gasteiger partial charge >= 0.3 is 0 Å². The van der Waals surface area contributed by atoms with Crippen molar-refractivity contribution < 1.29 is 13.2 Å². The van der Waals surface area contributed by atoms with Crippen LogP contribution in [0.15, 0.2) is 47.5 Å². The molecule has 11 heteroatoms. The molecule has 8 nitrogen and oxygen atoms in total. The van der Waals surface area contributed by atoms with Gasteiger partial charge in [0.2, 0.25) is 16.0 Å². The number of benzene rings is 2. The van der Waals surface area contributed by atoms with Crippen molar-refractivity contribution in [2.45, 2.75) is 38.1 Å². The lowest BCUT2D eigenvalue weighted by atomic mass is 10.1. The number of nitrogens with zero attached hydrogens (tertiary/aromatic N) is 2. The van der Waals surface area contributed by atoms with Crippen LogP contribution in [-0.4, -0.2) is 31.0 Å². The van der Waals surface area contributed by atoms with Crippen molar-refractivity contribution in [1.82, 2.24) is 14.7 Å². The highest BCUT2D eigenvalue weighted by Crippen LogP contribution is 2.35. The van der Waals surface area contributed by atoms with Crippen LogP contribution >= 0.6 is 23.2 Å². The lowest BCUT2D eigenvalue weighted by molar-refractivity contribution is 0.415. The average molecular weight is 510 g/mol. The standard InChI is InChI=1S/C22H25Cl2N5O3S/c1-13-12-25-21(27-18-11-19(32-5)17(24)10-16(18)23)28-20(13)26-14-7-6-8-15(9-14)33(30,31)29-22(2,3)4/h6-12,29H,1-5H3,(H2,25,26,27,28). The molecular weight excluding hydrogens is 485 g/mol. The van der Waals surface area contributed by atoms with Crippen LogP contribution in [0.2, 0.25) is 10.0 Å². The number of anilines is 4. The second kappa shape index (κ2) is 9.72. The van der Waals surface area contributed by atoms with Crippen LogP contribution < -0.4 is 20.1 Å². The predicted octanol–water partition coefficient (Wildman–Crippen LogP) is 5.66. The molecule has 0 unspecified atom stereocenters. The third kappa shape index (κ3) is 6.48. The lowest BCUT2D eigenvalue weighted by Crippen LogP contribution is -2.40. The van der Waals surface area contributed by atoms with Crippen molar-refractivity contribution in [3.05, 3.63) is 58.2 Å². The van der Waals surface area contributed by atoms with Crippen molar-refractivity contribution in [2.75, 3.05) is 17.7 Å². The topological polar surface area (TPSA) is 105 Å². The Morgan fingerprint density at radius 2 is 1.76 bits per heavy atom. The number of methoxy groups -OCH3 is 1. The number of ether oxygens (including phenoxy) is 1. The van der Waals surface area contributed by atoms with Gasteiger partial charge in [-0.2, -0.15) is 4.98 Å². The summed E-state index contributed by atoms with van der Waals surface area (Å²) in [5.74, 6) is 1.24. The molecule has 0 aliphatic carbocycles. The van der Waals surface area contributed by atoms with Gasteiger partial charge in [0.25, 0.3) is 0 Å². The first kappa shape index (κ1) is 25.0. The summed E-state index contributed by atoms with van der Waals surface area (Å²) in [4.78, 5) is 8.94. The zero-order chi connectivity index (χ0) is 24.4. The summed E-state index contributed by atoms with van der Waals surface area (Å²) in [6.45, 7) is 7.20. The van der Waals surface area contributed by atoms with Crippen molar-refractivity contribution in [2.24, 2.45) is 0 Å². The molecule has 0 atom stereocenters. The van der Waals surface area contributed by atoms with Crippen molar-refractivity contribution in [3.8, 4) is 5.75 Å². The van der Waals surface area contributed by atoms with E-state index in [0.717, 1.165) is 5.56 Å². The minimum Gasteiger partial charge on any atom is -0.495 e. The number of rotatable bonds is 7. The largest absolute Gasteiger partial charge is 0.495 e. The Balaban J connectivity index is 1.87. The highest BCUT2D eigenvalue weighted by atomic mass is 35.5. The maximum absolute atomic E-state index is 12.7. The molecule has 3 rings (SSSR count). The van der Waals surface area contributed by atoms with E-state index < -0.39 is 15.6 Å². The van der Waals surface area contributed by atoms with Crippen molar-refractivity contribution in [3.63, 3.8) is 0 Å². The predicted molar refractivity (Wildman–Crippen MR) is 133 cm³/mol. The van der Waals surface area contributed by atoms with Gasteiger partial charge in [-0.3, -0.25) is 0 Å². The summed E-state index contributed by atoms with van der Waals surface area (Å²) in [7, 11) is -2.17. The van der Waals surface area contributed by atoms with Crippen LogP contribution in [0, 0.1) is 6.92 Å². The fraction of sp³-hybridized carbons (Fsp3) is 0.273. The van der Waals surface area contributed by atoms with Crippen LogP contribution in [0.4, 0.5) is 23.1 Å². The number of nitrogens with one attached hydrogen (secondary N) is 3. The highest BCUT2D eigenvalue weighted by molar-refractivity contribution is 7.89. The molecule has 2 aromatic carbocycles. The summed E-state index contributed by atoms with van der Waals surface area (Å²) in [5.41, 5.74) is 1.25. The third-order valence-electron chi connectivity index (χ3n) is 4.31. The Morgan fingerprint density at radius 1 is 1.03 bits per heavy atom. The Hall–Kier alpha value is -2.59. The molecular formula is C22H25Cl2N5O3S. The van der Waals surface area contributed by atoms with Crippen molar-refractivity contribution in [1.29, 1.82) is 0 Å². The minimum absolute atomic E-state index is 0.146. The van der Waals surface area contributed by atoms with Gasteiger partial charge in [0, 0.05) is 29.1 Å². The van der Waals surface area contributed by atoms with Gasteiger partial charge in [0.05, 0.1) is 27.7 Å². The quantitative estimate of drug-likeness (QED) is 0.377. The number of halogens is 2. The van der Waals surface area contributed by atoms with E-state index in [4.69, 9.17) is 27.9 Å². The Morgan fingerprint density at radius 3 is 2.42 bits per heavy atom. The first-order chi connectivity index (χ1) is 15.4. The van der Waals surface area contributed by atoms with Gasteiger partial charge < -0.3 is 15.4 Å². The van der Waals surface area contributed by atoms with E-state index in [1.807, 2.05) is 6.92 Å². The fourth-order valence-electron chi connectivity index (χ4n) is 2.87. The van der Waals surface area contributed by atoms with Crippen LogP contribution in [0.1, 0.15) is 26.3 Å². The number of hydrogen-bond acceptors (Lipinski definition) is 7. The Kier molecular flexibility index (Phi) is 7.38. The van der Waals surface area contributed by atoms with E-state index in [1.54, 1.807) is 57.3 Å². The van der Waals surface area contributed by atoms with Crippen molar-refractivity contribution >= 4 is 56.4 Å². The van der Waals surface area contributed by atoms with Gasteiger partial charge in [-0.05, 0) is 52.0 Å². The molecule has 0 amide bonds. The molecule has 176 valence electrons. The maximum Gasteiger partial charge on any atom is 0.241 e. The molecule has 0 aliphatic rings. The van der Waals surface area contributed by atoms with E-state index in [9.17, 15) is 8.42 Å². The van der Waals surface area contributed by atoms with Crippen LogP contribution in [-0.2, 0) is 10.0 Å². The van der Waals surface area contributed by atoms with E-state index in [2.05, 4.69) is 25.3 Å². The molecule has 3 aromatic rings. The van der Waals surface area contributed by atoms with Crippen LogP contribution in [0.3, 0.4) is 0 Å². The second-order valence-corrected chi connectivity index (χ2v) is 10.8. The molecule has 0 fully saturated rings. The maximum atomic E-state index is 12.7. The molecule has 0 bridgehead atoms. The normalized spacial score (nSPS) is 11.8. The monoisotopic (exact) mass is 509 g/mol. The first-order valence-corrected chi connectivity index (χ1v) is 12.2. The van der Waals surface area contributed by atoms with E-state index >= 15 is 0 Å². The smallest absolute Gasteiger partial charge is 0.241 e. The summed E-state index contributed by atoms with van der Waals surface area (Å²) >= 11 is 12.4. The fourth-order valence-corrected chi connectivity index (χ4v) is 4.84. The molecule has 33 heavy (non-hydrogen) atoms. The van der Waals surface area contributed by atoms with Gasteiger partial charge in [-0.25, -0.2) is 18.1 Å². The van der Waals surface area contributed by atoms with Crippen LogP contribution in [0.5, 0.6) is 5.75 Å². The highest BCUT2D eigenvalue weighted by Gasteiger charge is 2.22. The zero-order valence-electron chi connectivity index (χ0n) is 18.8. The summed E-state index contributed by atoms with van der Waals surface area (Å²) in [6, 6.07) is 9.71. The number of hydrogen-bond donors (Lipinski definition) is 3. The molecule has 0 aliphatic heterocycles. The molecule has 0 saturated carbocycles. The van der Waals surface area contributed by atoms with Gasteiger partial charge in [-0.15, -0.1) is 0 Å². The number of sulfonamides is 1. The molecule has 3 N–H and O–H groups in total. The van der Waals surface area contributed by atoms with Crippen LogP contribution in [0.25, 0.3) is 0 Å². The van der Waals surface area contributed by atoms with E-state index in [1.165, 1.54) is 13.2 Å². The lowest BCUT2D eigenvalue weighted by Gasteiger charge is -2.20. The minimum atomic E-state index is -3.68. The zero-order valence-corrected chi connectivity index (χ0v) is 21.2. The molecule has 0 radical (unpaired) electrons. The van der Waals surface area contributed by atoms with Gasteiger partial charge in [0.1, 0.15) is 11.6 Å².